The molecule has 1 aromatic carbocycles. The highest BCUT2D eigenvalue weighted by molar-refractivity contribution is 7.56. The van der Waals surface area contributed by atoms with E-state index in [0.717, 1.165) is 0 Å². The molecule has 12 heteroatoms. The molecule has 0 saturated carbocycles. The summed E-state index contributed by atoms with van der Waals surface area (Å²) in [5, 5.41) is 13.3. The number of nitro groups is 1. The Morgan fingerprint density at radius 1 is 1.38 bits per heavy atom. The molecule has 2 atom stereocenters. The van der Waals surface area contributed by atoms with Gasteiger partial charge in [-0.2, -0.15) is 0 Å². The van der Waals surface area contributed by atoms with Crippen LogP contribution in [0.3, 0.4) is 0 Å². The van der Waals surface area contributed by atoms with Crippen molar-refractivity contribution in [2.24, 2.45) is 5.41 Å². The minimum atomic E-state index is -3.90. The Morgan fingerprint density at radius 3 is 2.62 bits per heavy atom. The molecule has 1 aliphatic rings. The van der Waals surface area contributed by atoms with Crippen LogP contribution in [0.1, 0.15) is 27.2 Å². The number of amides is 1. The molecule has 0 spiro atoms. The van der Waals surface area contributed by atoms with E-state index < -0.39 is 36.5 Å². The third-order valence-electron chi connectivity index (χ3n) is 3.99. The zero-order valence-electron chi connectivity index (χ0n) is 16.3. The molecule has 161 valence electrons. The SMILES string of the molecule is CCOC(=O)CCNC(=O)[C@@H]1O[P](O)(Oc2ccc([N+](=O)[O-])cc2)OCC1(C)C. The molecule has 2 N–H and O–H groups in total. The van der Waals surface area contributed by atoms with Crippen LogP contribution >= 0.6 is 8.17 Å². The number of rotatable bonds is 8. The van der Waals surface area contributed by atoms with Crippen LogP contribution in [0.2, 0.25) is 0 Å². The Hall–Kier alpha value is -2.33. The molecule has 0 aromatic heterocycles. The number of nitrogens with zero attached hydrogens (tertiary/aromatic N) is 1. The Balaban J connectivity index is 2.01. The molecule has 2 rings (SSSR count). The van der Waals surface area contributed by atoms with Crippen LogP contribution < -0.4 is 9.84 Å². The van der Waals surface area contributed by atoms with Crippen LogP contribution in [0.4, 0.5) is 5.69 Å². The predicted octanol–water partition coefficient (Wildman–Crippen LogP) is 2.15. The van der Waals surface area contributed by atoms with Gasteiger partial charge in [0, 0.05) is 24.1 Å². The molecule has 1 aliphatic heterocycles. The third kappa shape index (κ3) is 6.33. The van der Waals surface area contributed by atoms with E-state index in [1.54, 1.807) is 20.8 Å². The predicted molar refractivity (Wildman–Crippen MR) is 102 cm³/mol. The van der Waals surface area contributed by atoms with Crippen LogP contribution in [0.25, 0.3) is 0 Å². The van der Waals surface area contributed by atoms with Gasteiger partial charge in [0.25, 0.3) is 5.69 Å². The molecule has 1 heterocycles. The van der Waals surface area contributed by atoms with E-state index in [9.17, 15) is 24.6 Å². The van der Waals surface area contributed by atoms with E-state index in [1.807, 2.05) is 0 Å². The van der Waals surface area contributed by atoms with Gasteiger partial charge in [-0.05, 0) is 19.1 Å². The number of hydrogen-bond donors (Lipinski definition) is 2. The van der Waals surface area contributed by atoms with Crippen LogP contribution in [-0.2, 0) is 23.4 Å². The number of esters is 1. The lowest BCUT2D eigenvalue weighted by molar-refractivity contribution is -0.384. The lowest BCUT2D eigenvalue weighted by atomic mass is 9.87. The normalized spacial score (nSPS) is 23.1. The standard InChI is InChI=1S/C17H24N2O9P/c1-4-25-14(20)9-10-18-16(21)15-17(2,3)11-26-29(24,28-15)27-13-7-5-12(6-8-13)19(22)23/h5-8,15,24H,4,9-11H2,1-3H3,(H,18,21)/t15-/m0/s1. The first-order chi connectivity index (χ1) is 13.6. The highest BCUT2D eigenvalue weighted by Gasteiger charge is 2.51. The van der Waals surface area contributed by atoms with Gasteiger partial charge < -0.3 is 19.5 Å². The molecule has 1 amide bonds. The van der Waals surface area contributed by atoms with Gasteiger partial charge in [-0.3, -0.25) is 28.8 Å². The maximum atomic E-state index is 12.5. The summed E-state index contributed by atoms with van der Waals surface area (Å²) in [5.41, 5.74) is -0.924. The number of non-ortho nitro benzene ring substituents is 1. The van der Waals surface area contributed by atoms with Crippen LogP contribution in [0, 0.1) is 15.5 Å². The molecular weight excluding hydrogens is 407 g/mol. The molecular formula is C17H24N2O9P. The largest absolute Gasteiger partial charge is 0.466 e. The van der Waals surface area contributed by atoms with E-state index >= 15 is 0 Å². The number of carbonyl (C=O) groups is 2. The first-order valence-corrected chi connectivity index (χ1v) is 10.4. The van der Waals surface area contributed by atoms with E-state index in [1.165, 1.54) is 24.3 Å². The van der Waals surface area contributed by atoms with Gasteiger partial charge in [0.2, 0.25) is 5.91 Å². The maximum Gasteiger partial charge on any atom is 0.434 e. The maximum absolute atomic E-state index is 12.5. The molecule has 1 aromatic rings. The Labute approximate surface area is 168 Å². The number of ether oxygens (including phenoxy) is 1. The summed E-state index contributed by atoms with van der Waals surface area (Å²) in [5.74, 6) is -0.883. The number of benzene rings is 1. The summed E-state index contributed by atoms with van der Waals surface area (Å²) in [7, 11) is -3.90. The summed E-state index contributed by atoms with van der Waals surface area (Å²) < 4.78 is 21.0. The number of hydrogen-bond acceptors (Lipinski definition) is 9. The van der Waals surface area contributed by atoms with Crippen molar-refractivity contribution in [2.75, 3.05) is 19.8 Å². The van der Waals surface area contributed by atoms with E-state index in [0.29, 0.717) is 0 Å². The molecule has 0 bridgehead atoms. The van der Waals surface area contributed by atoms with Gasteiger partial charge in [-0.15, -0.1) is 0 Å². The second-order valence-corrected chi connectivity index (χ2v) is 8.49. The molecule has 29 heavy (non-hydrogen) atoms. The zero-order valence-corrected chi connectivity index (χ0v) is 17.2. The molecule has 1 radical (unpaired) electrons. The first kappa shape index (κ1) is 23.0. The van der Waals surface area contributed by atoms with E-state index in [-0.39, 0.29) is 37.6 Å². The fourth-order valence-electron chi connectivity index (χ4n) is 2.46. The molecule has 11 nitrogen and oxygen atoms in total. The van der Waals surface area contributed by atoms with Gasteiger partial charge in [0.05, 0.1) is 24.6 Å². The molecule has 1 fully saturated rings. The summed E-state index contributed by atoms with van der Waals surface area (Å²) in [4.78, 5) is 44.7. The number of nitrogens with one attached hydrogen (secondary N) is 1. The average molecular weight is 431 g/mol. The fourth-order valence-corrected chi connectivity index (χ4v) is 4.14. The Bertz CT molecular complexity index is 756. The van der Waals surface area contributed by atoms with Gasteiger partial charge in [0.1, 0.15) is 5.75 Å². The van der Waals surface area contributed by atoms with Crippen molar-refractivity contribution in [3.05, 3.63) is 34.4 Å². The molecule has 0 aliphatic carbocycles. The Kier molecular flexibility index (Phi) is 7.48. The molecule has 1 saturated heterocycles. The van der Waals surface area contributed by atoms with Crippen molar-refractivity contribution < 1.29 is 37.7 Å². The van der Waals surface area contributed by atoms with E-state index in [2.05, 4.69) is 5.32 Å². The second kappa shape index (κ2) is 9.45. The fraction of sp³-hybridized carbons (Fsp3) is 0.529. The minimum Gasteiger partial charge on any atom is -0.466 e. The summed E-state index contributed by atoms with van der Waals surface area (Å²) in [6, 6.07) is 4.98. The van der Waals surface area contributed by atoms with Crippen molar-refractivity contribution in [3.8, 4) is 5.75 Å². The average Bonchev–Trinajstić information content (AvgIpc) is 2.64. The van der Waals surface area contributed by atoms with Gasteiger partial charge in [-0.1, -0.05) is 13.8 Å². The Morgan fingerprint density at radius 2 is 2.03 bits per heavy atom. The minimum absolute atomic E-state index is 0.00192. The highest BCUT2D eigenvalue weighted by atomic mass is 31.2. The quantitative estimate of drug-likeness (QED) is 0.273. The van der Waals surface area contributed by atoms with Crippen molar-refractivity contribution in [1.29, 1.82) is 0 Å². The van der Waals surface area contributed by atoms with Gasteiger partial charge in [-0.25, -0.2) is 0 Å². The monoisotopic (exact) mass is 431 g/mol. The summed E-state index contributed by atoms with van der Waals surface area (Å²) in [6.07, 6.45) is -1.10. The number of nitro benzene ring substituents is 1. The van der Waals surface area contributed by atoms with Crippen LogP contribution in [0.15, 0.2) is 24.3 Å². The highest BCUT2D eigenvalue weighted by Crippen LogP contribution is 2.63. The van der Waals surface area contributed by atoms with Crippen molar-refractivity contribution in [3.63, 3.8) is 0 Å². The smallest absolute Gasteiger partial charge is 0.434 e. The van der Waals surface area contributed by atoms with E-state index in [4.69, 9.17) is 18.3 Å². The van der Waals surface area contributed by atoms with Crippen molar-refractivity contribution in [1.82, 2.24) is 5.32 Å². The lowest BCUT2D eigenvalue weighted by Gasteiger charge is -2.43. The topological polar surface area (TPSA) is 146 Å². The van der Waals surface area contributed by atoms with Crippen LogP contribution in [-0.4, -0.2) is 47.6 Å². The summed E-state index contributed by atoms with van der Waals surface area (Å²) in [6.45, 7) is 5.40. The number of carbonyl (C=O) groups excluding carboxylic acids is 2. The third-order valence-corrected chi connectivity index (χ3v) is 5.36. The van der Waals surface area contributed by atoms with Crippen LogP contribution in [0.5, 0.6) is 5.75 Å². The zero-order chi connectivity index (χ0) is 21.7. The first-order valence-electron chi connectivity index (χ1n) is 8.88. The second-order valence-electron chi connectivity index (χ2n) is 6.90. The van der Waals surface area contributed by atoms with Gasteiger partial charge >= 0.3 is 14.1 Å². The summed E-state index contributed by atoms with van der Waals surface area (Å²) >= 11 is 0. The van der Waals surface area contributed by atoms with Crippen molar-refractivity contribution >= 4 is 25.7 Å². The van der Waals surface area contributed by atoms with Gasteiger partial charge in [0.15, 0.2) is 6.10 Å². The molecule has 1 unspecified atom stereocenters. The lowest BCUT2D eigenvalue weighted by Crippen LogP contribution is -2.51. The van der Waals surface area contributed by atoms with Crippen molar-refractivity contribution in [2.45, 2.75) is 33.3 Å².